The number of aromatic hydroxyl groups is 1. The molecule has 0 aliphatic rings. The van der Waals surface area contributed by atoms with Crippen LogP contribution in [0.3, 0.4) is 0 Å². The van der Waals surface area contributed by atoms with E-state index >= 15 is 0 Å². The summed E-state index contributed by atoms with van der Waals surface area (Å²) in [6, 6.07) is 7.43. The predicted molar refractivity (Wildman–Crippen MR) is 78.4 cm³/mol. The molecule has 0 aromatic heterocycles. The second kappa shape index (κ2) is 14.0. The maximum absolute atomic E-state index is 9.01. The minimum atomic E-state index is 0. The van der Waals surface area contributed by atoms with Crippen LogP contribution in [-0.4, -0.2) is 5.11 Å². The zero-order chi connectivity index (χ0) is 10.3. The third-order valence-corrected chi connectivity index (χ3v) is 2.07. The van der Waals surface area contributed by atoms with E-state index in [0.717, 1.165) is 6.42 Å². The Labute approximate surface area is 104 Å². The molecular formula is C15H32O. The quantitative estimate of drug-likeness (QED) is 0.674. The van der Waals surface area contributed by atoms with E-state index < -0.39 is 0 Å². The van der Waals surface area contributed by atoms with Crippen molar-refractivity contribution in [3.8, 4) is 5.75 Å². The second-order valence-electron chi connectivity index (χ2n) is 2.90. The monoisotopic (exact) mass is 228 g/mol. The zero-order valence-corrected chi connectivity index (χ0v) is 9.04. The van der Waals surface area contributed by atoms with Gasteiger partial charge in [0, 0.05) is 0 Å². The van der Waals surface area contributed by atoms with Crippen LogP contribution in [0, 0.1) is 0 Å². The summed E-state index contributed by atoms with van der Waals surface area (Å²) in [5.74, 6) is 0.938. The number of hydrogen-bond donors (Lipinski definition) is 1. The van der Waals surface area contributed by atoms with Crippen LogP contribution < -0.4 is 0 Å². The van der Waals surface area contributed by atoms with E-state index in [4.69, 9.17) is 5.11 Å². The van der Waals surface area contributed by atoms with E-state index in [0.29, 0.717) is 11.7 Å². The fourth-order valence-electron chi connectivity index (χ4n) is 1.04. The fraction of sp³-hybridized carbons (Fsp3) is 0.600. The first-order valence-corrected chi connectivity index (χ1v) is 5.03. The lowest BCUT2D eigenvalue weighted by Crippen LogP contribution is -1.89. The number of phenols is 1. The molecule has 1 heteroatoms. The predicted octanol–water partition coefficient (Wildman–Crippen LogP) is 5.84. The van der Waals surface area contributed by atoms with Crippen molar-refractivity contribution in [3.63, 3.8) is 0 Å². The first-order chi connectivity index (χ1) is 6.24. The third kappa shape index (κ3) is 8.34. The van der Waals surface area contributed by atoms with Crippen molar-refractivity contribution in [2.24, 2.45) is 0 Å². The van der Waals surface area contributed by atoms with Crippen LogP contribution in [-0.2, 0) is 0 Å². The standard InChI is InChI=1S/C10H14O.C2H6.3CH4/c1-3-8(2)9-4-6-10(11)7-5-9;1-2;;;/h4-8,11H,3H2,1-2H3;1-2H3;3*1H4. The molecule has 0 aliphatic carbocycles. The maximum Gasteiger partial charge on any atom is 0.115 e. The molecular weight excluding hydrogens is 196 g/mol. The first kappa shape index (κ1) is 24.3. The highest BCUT2D eigenvalue weighted by molar-refractivity contribution is 5.27. The van der Waals surface area contributed by atoms with Gasteiger partial charge < -0.3 is 5.11 Å². The van der Waals surface area contributed by atoms with Crippen molar-refractivity contribution >= 4 is 0 Å². The third-order valence-electron chi connectivity index (χ3n) is 2.07. The normalized spacial score (nSPS) is 9.25. The van der Waals surface area contributed by atoms with Gasteiger partial charge in [-0.3, -0.25) is 0 Å². The Morgan fingerprint density at radius 2 is 1.38 bits per heavy atom. The molecule has 1 rings (SSSR count). The van der Waals surface area contributed by atoms with Gasteiger partial charge in [-0.1, -0.05) is 62.1 Å². The van der Waals surface area contributed by atoms with E-state index in [1.807, 2.05) is 26.0 Å². The lowest BCUT2D eigenvalue weighted by Gasteiger charge is -2.07. The fourth-order valence-corrected chi connectivity index (χ4v) is 1.04. The summed E-state index contributed by atoms with van der Waals surface area (Å²) in [5, 5.41) is 9.01. The molecule has 0 amide bonds. The molecule has 0 spiro atoms. The molecule has 1 aromatic carbocycles. The van der Waals surface area contributed by atoms with Gasteiger partial charge in [0.05, 0.1) is 0 Å². The van der Waals surface area contributed by atoms with Crippen LogP contribution in [0.2, 0.25) is 0 Å². The summed E-state index contributed by atoms with van der Waals surface area (Å²) in [6.07, 6.45) is 1.14. The van der Waals surface area contributed by atoms with Gasteiger partial charge >= 0.3 is 0 Å². The number of rotatable bonds is 2. The summed E-state index contributed by atoms with van der Waals surface area (Å²) in [5.41, 5.74) is 1.30. The Morgan fingerprint density at radius 1 is 1.00 bits per heavy atom. The smallest absolute Gasteiger partial charge is 0.115 e. The van der Waals surface area contributed by atoms with E-state index in [2.05, 4.69) is 13.8 Å². The molecule has 0 bridgehead atoms. The molecule has 0 radical (unpaired) electrons. The average molecular weight is 228 g/mol. The lowest BCUT2D eigenvalue weighted by molar-refractivity contribution is 0.475. The Hall–Kier alpha value is -0.980. The van der Waals surface area contributed by atoms with Crippen molar-refractivity contribution in [2.75, 3.05) is 0 Å². The molecule has 0 heterocycles. The molecule has 0 saturated heterocycles. The summed E-state index contributed by atoms with van der Waals surface area (Å²) in [6.45, 7) is 8.35. The number of phenolic OH excluding ortho intramolecular Hbond substituents is 1. The van der Waals surface area contributed by atoms with Crippen LogP contribution >= 0.6 is 0 Å². The summed E-state index contributed by atoms with van der Waals surface area (Å²) in [4.78, 5) is 0. The van der Waals surface area contributed by atoms with Crippen LogP contribution in [0.15, 0.2) is 24.3 Å². The van der Waals surface area contributed by atoms with Crippen molar-refractivity contribution in [1.82, 2.24) is 0 Å². The molecule has 1 aromatic rings. The molecule has 0 saturated carbocycles. The summed E-state index contributed by atoms with van der Waals surface area (Å²) < 4.78 is 0. The highest BCUT2D eigenvalue weighted by atomic mass is 16.3. The van der Waals surface area contributed by atoms with Gasteiger partial charge in [-0.25, -0.2) is 0 Å². The molecule has 1 unspecified atom stereocenters. The SMILES string of the molecule is C.C.C.CC.CCC(C)c1ccc(O)cc1. The molecule has 1 N–H and O–H groups in total. The van der Waals surface area contributed by atoms with E-state index in [9.17, 15) is 0 Å². The van der Waals surface area contributed by atoms with E-state index in [1.165, 1.54) is 5.56 Å². The zero-order valence-electron chi connectivity index (χ0n) is 9.04. The number of benzene rings is 1. The van der Waals surface area contributed by atoms with Gasteiger partial charge in [-0.15, -0.1) is 0 Å². The van der Waals surface area contributed by atoms with Gasteiger partial charge in [0.2, 0.25) is 0 Å². The largest absolute Gasteiger partial charge is 0.508 e. The molecule has 0 fully saturated rings. The van der Waals surface area contributed by atoms with Gasteiger partial charge in [0.25, 0.3) is 0 Å². The van der Waals surface area contributed by atoms with Gasteiger partial charge in [-0.2, -0.15) is 0 Å². The van der Waals surface area contributed by atoms with Crippen LogP contribution in [0.25, 0.3) is 0 Å². The Kier molecular flexibility index (Phi) is 21.3. The van der Waals surface area contributed by atoms with Gasteiger partial charge in [0.1, 0.15) is 5.75 Å². The van der Waals surface area contributed by atoms with Crippen molar-refractivity contribution in [3.05, 3.63) is 29.8 Å². The maximum atomic E-state index is 9.01. The molecule has 98 valence electrons. The highest BCUT2D eigenvalue weighted by Crippen LogP contribution is 2.20. The Bertz CT molecular complexity index is 213. The topological polar surface area (TPSA) is 20.2 Å². The van der Waals surface area contributed by atoms with Crippen LogP contribution in [0.1, 0.15) is 67.9 Å². The van der Waals surface area contributed by atoms with Gasteiger partial charge in [0.15, 0.2) is 0 Å². The van der Waals surface area contributed by atoms with Crippen molar-refractivity contribution in [2.45, 2.75) is 62.3 Å². The van der Waals surface area contributed by atoms with Gasteiger partial charge in [-0.05, 0) is 30.0 Å². The molecule has 16 heavy (non-hydrogen) atoms. The first-order valence-electron chi connectivity index (χ1n) is 5.03. The van der Waals surface area contributed by atoms with E-state index in [-0.39, 0.29) is 22.3 Å². The second-order valence-corrected chi connectivity index (χ2v) is 2.90. The van der Waals surface area contributed by atoms with Crippen LogP contribution in [0.5, 0.6) is 5.75 Å². The minimum absolute atomic E-state index is 0. The summed E-state index contributed by atoms with van der Waals surface area (Å²) in [7, 11) is 0. The minimum Gasteiger partial charge on any atom is -0.508 e. The Morgan fingerprint density at radius 3 is 1.69 bits per heavy atom. The molecule has 0 aliphatic heterocycles. The molecule has 1 atom stereocenters. The van der Waals surface area contributed by atoms with E-state index in [1.54, 1.807) is 12.1 Å². The lowest BCUT2D eigenvalue weighted by atomic mass is 9.99. The summed E-state index contributed by atoms with van der Waals surface area (Å²) >= 11 is 0. The Balaban J connectivity index is -0.000000136. The van der Waals surface area contributed by atoms with Crippen molar-refractivity contribution in [1.29, 1.82) is 0 Å². The van der Waals surface area contributed by atoms with Crippen molar-refractivity contribution < 1.29 is 5.11 Å². The highest BCUT2D eigenvalue weighted by Gasteiger charge is 2.00. The average Bonchev–Trinajstić information content (AvgIpc) is 2.21. The molecule has 1 nitrogen and oxygen atoms in total. The van der Waals surface area contributed by atoms with Crippen LogP contribution in [0.4, 0.5) is 0 Å². The number of hydrogen-bond acceptors (Lipinski definition) is 1.